The SMILES string of the molecule is COc1cccc(C=CC(=O)Nc2c(F)cccc2F)c1. The van der Waals surface area contributed by atoms with E-state index >= 15 is 0 Å². The third-order valence-electron chi connectivity index (χ3n) is 2.73. The highest BCUT2D eigenvalue weighted by atomic mass is 19.1. The van der Waals surface area contributed by atoms with Crippen LogP contribution < -0.4 is 10.1 Å². The molecule has 0 radical (unpaired) electrons. The minimum absolute atomic E-state index is 0.460. The molecule has 0 atom stereocenters. The zero-order valence-electron chi connectivity index (χ0n) is 11.3. The van der Waals surface area contributed by atoms with E-state index in [-0.39, 0.29) is 0 Å². The van der Waals surface area contributed by atoms with Gasteiger partial charge in [0, 0.05) is 6.08 Å². The number of ether oxygens (including phenoxy) is 1. The van der Waals surface area contributed by atoms with Crippen molar-refractivity contribution in [2.75, 3.05) is 12.4 Å². The summed E-state index contributed by atoms with van der Waals surface area (Å²) in [5.74, 6) is -1.62. The number of nitrogens with one attached hydrogen (secondary N) is 1. The van der Waals surface area contributed by atoms with Crippen molar-refractivity contribution < 1.29 is 18.3 Å². The second-order valence-electron chi connectivity index (χ2n) is 4.20. The van der Waals surface area contributed by atoms with Crippen LogP contribution in [-0.4, -0.2) is 13.0 Å². The molecule has 0 saturated carbocycles. The van der Waals surface area contributed by atoms with E-state index in [2.05, 4.69) is 5.32 Å². The van der Waals surface area contributed by atoms with Crippen molar-refractivity contribution in [2.24, 2.45) is 0 Å². The number of halogens is 2. The van der Waals surface area contributed by atoms with Crippen molar-refractivity contribution in [1.29, 1.82) is 0 Å². The van der Waals surface area contributed by atoms with Crippen LogP contribution >= 0.6 is 0 Å². The van der Waals surface area contributed by atoms with Gasteiger partial charge in [0.15, 0.2) is 0 Å². The first-order valence-electron chi connectivity index (χ1n) is 6.17. The van der Waals surface area contributed by atoms with Gasteiger partial charge in [0.25, 0.3) is 0 Å². The molecule has 1 amide bonds. The minimum atomic E-state index is -0.821. The number of methoxy groups -OCH3 is 1. The summed E-state index contributed by atoms with van der Waals surface area (Å²) in [6, 6.07) is 10.4. The fraction of sp³-hybridized carbons (Fsp3) is 0.0625. The summed E-state index contributed by atoms with van der Waals surface area (Å²) in [6.45, 7) is 0. The lowest BCUT2D eigenvalue weighted by Gasteiger charge is -2.05. The predicted molar refractivity (Wildman–Crippen MR) is 77.0 cm³/mol. The Bertz CT molecular complexity index is 663. The number of anilines is 1. The van der Waals surface area contributed by atoms with Crippen LogP contribution in [0.3, 0.4) is 0 Å². The predicted octanol–water partition coefficient (Wildman–Crippen LogP) is 3.63. The van der Waals surface area contributed by atoms with Crippen molar-refractivity contribution >= 4 is 17.7 Å². The molecule has 0 bridgehead atoms. The zero-order chi connectivity index (χ0) is 15.2. The van der Waals surface area contributed by atoms with Crippen LogP contribution in [0, 0.1) is 11.6 Å². The number of rotatable bonds is 4. The summed E-state index contributed by atoms with van der Waals surface area (Å²) in [5, 5.41) is 2.17. The van der Waals surface area contributed by atoms with E-state index in [1.165, 1.54) is 25.3 Å². The maximum atomic E-state index is 13.4. The van der Waals surface area contributed by atoms with Gasteiger partial charge in [-0.3, -0.25) is 4.79 Å². The quantitative estimate of drug-likeness (QED) is 0.873. The van der Waals surface area contributed by atoms with E-state index in [0.29, 0.717) is 5.75 Å². The Morgan fingerprint density at radius 3 is 2.48 bits per heavy atom. The average molecular weight is 289 g/mol. The van der Waals surface area contributed by atoms with Crippen molar-refractivity contribution in [1.82, 2.24) is 0 Å². The van der Waals surface area contributed by atoms with Gasteiger partial charge in [-0.05, 0) is 35.9 Å². The second kappa shape index (κ2) is 6.65. The number of hydrogen-bond donors (Lipinski definition) is 1. The third kappa shape index (κ3) is 3.89. The number of benzene rings is 2. The fourth-order valence-corrected chi connectivity index (χ4v) is 1.70. The summed E-state index contributed by atoms with van der Waals surface area (Å²) < 4.78 is 31.8. The van der Waals surface area contributed by atoms with Crippen LogP contribution in [-0.2, 0) is 4.79 Å². The summed E-state index contributed by atoms with van der Waals surface area (Å²) in [5.41, 5.74) is 0.274. The Balaban J connectivity index is 2.09. The molecule has 2 aromatic rings. The molecule has 0 saturated heterocycles. The highest BCUT2D eigenvalue weighted by Gasteiger charge is 2.09. The highest BCUT2D eigenvalue weighted by Crippen LogP contribution is 2.18. The summed E-state index contributed by atoms with van der Waals surface area (Å²) >= 11 is 0. The zero-order valence-corrected chi connectivity index (χ0v) is 11.3. The maximum absolute atomic E-state index is 13.4. The molecule has 0 fully saturated rings. The average Bonchev–Trinajstić information content (AvgIpc) is 2.49. The Kier molecular flexibility index (Phi) is 4.66. The first-order valence-corrected chi connectivity index (χ1v) is 6.17. The lowest BCUT2D eigenvalue weighted by atomic mass is 10.2. The second-order valence-corrected chi connectivity index (χ2v) is 4.20. The largest absolute Gasteiger partial charge is 0.497 e. The van der Waals surface area contributed by atoms with Crippen molar-refractivity contribution in [3.8, 4) is 5.75 Å². The van der Waals surface area contributed by atoms with Crippen molar-refractivity contribution in [3.63, 3.8) is 0 Å². The molecular formula is C16H13F2NO2. The van der Waals surface area contributed by atoms with Gasteiger partial charge in [0.05, 0.1) is 7.11 Å². The third-order valence-corrected chi connectivity index (χ3v) is 2.73. The van der Waals surface area contributed by atoms with Gasteiger partial charge in [0.1, 0.15) is 23.1 Å². The molecule has 2 aromatic carbocycles. The molecule has 0 aliphatic heterocycles. The van der Waals surface area contributed by atoms with Crippen LogP contribution in [0.15, 0.2) is 48.5 Å². The lowest BCUT2D eigenvalue weighted by Crippen LogP contribution is -2.10. The molecule has 5 heteroatoms. The van der Waals surface area contributed by atoms with Gasteiger partial charge >= 0.3 is 0 Å². The number of carbonyl (C=O) groups excluding carboxylic acids is 1. The molecule has 2 rings (SSSR count). The van der Waals surface area contributed by atoms with E-state index in [1.807, 2.05) is 0 Å². The Hall–Kier alpha value is -2.69. The van der Waals surface area contributed by atoms with Gasteiger partial charge in [-0.25, -0.2) is 8.78 Å². The van der Waals surface area contributed by atoms with Crippen molar-refractivity contribution in [3.05, 3.63) is 65.7 Å². The van der Waals surface area contributed by atoms with E-state index in [4.69, 9.17) is 4.74 Å². The molecule has 108 valence electrons. The first kappa shape index (κ1) is 14.7. The molecule has 0 spiro atoms. The number of carbonyl (C=O) groups is 1. The fourth-order valence-electron chi connectivity index (χ4n) is 1.70. The standard InChI is InChI=1S/C16H13F2NO2/c1-21-12-5-2-4-11(10-12)8-9-15(20)19-16-13(17)6-3-7-14(16)18/h2-10H,1H3,(H,19,20). The topological polar surface area (TPSA) is 38.3 Å². The first-order chi connectivity index (χ1) is 10.1. The van der Waals surface area contributed by atoms with Gasteiger partial charge in [-0.15, -0.1) is 0 Å². The van der Waals surface area contributed by atoms with E-state index in [0.717, 1.165) is 17.7 Å². The van der Waals surface area contributed by atoms with Gasteiger partial charge < -0.3 is 10.1 Å². The Labute approximate surface area is 120 Å². The number of hydrogen-bond acceptors (Lipinski definition) is 2. The molecule has 3 nitrogen and oxygen atoms in total. The molecule has 1 N–H and O–H groups in total. The number of amides is 1. The summed E-state index contributed by atoms with van der Waals surface area (Å²) in [6.07, 6.45) is 2.72. The molecular weight excluding hydrogens is 276 g/mol. The van der Waals surface area contributed by atoms with Gasteiger partial charge in [-0.1, -0.05) is 18.2 Å². The van der Waals surface area contributed by atoms with Gasteiger partial charge in [0.2, 0.25) is 5.91 Å². The van der Waals surface area contributed by atoms with Crippen LogP contribution in [0.25, 0.3) is 6.08 Å². The van der Waals surface area contributed by atoms with Crippen LogP contribution in [0.2, 0.25) is 0 Å². The van der Waals surface area contributed by atoms with E-state index < -0.39 is 23.2 Å². The Morgan fingerprint density at radius 2 is 1.81 bits per heavy atom. The van der Waals surface area contributed by atoms with Crippen LogP contribution in [0.1, 0.15) is 5.56 Å². The molecule has 0 aromatic heterocycles. The number of para-hydroxylation sites is 1. The lowest BCUT2D eigenvalue weighted by molar-refractivity contribution is -0.111. The molecule has 0 aliphatic carbocycles. The van der Waals surface area contributed by atoms with Gasteiger partial charge in [-0.2, -0.15) is 0 Å². The van der Waals surface area contributed by atoms with Crippen LogP contribution in [0.5, 0.6) is 5.75 Å². The molecule has 0 heterocycles. The monoisotopic (exact) mass is 289 g/mol. The molecule has 0 unspecified atom stereocenters. The summed E-state index contributed by atoms with van der Waals surface area (Å²) in [4.78, 5) is 11.7. The molecule has 21 heavy (non-hydrogen) atoms. The normalized spacial score (nSPS) is 10.6. The maximum Gasteiger partial charge on any atom is 0.248 e. The Morgan fingerprint density at radius 1 is 1.14 bits per heavy atom. The molecule has 0 aliphatic rings. The van der Waals surface area contributed by atoms with Crippen molar-refractivity contribution in [2.45, 2.75) is 0 Å². The van der Waals surface area contributed by atoms with E-state index in [1.54, 1.807) is 24.3 Å². The van der Waals surface area contributed by atoms with E-state index in [9.17, 15) is 13.6 Å². The minimum Gasteiger partial charge on any atom is -0.497 e. The summed E-state index contributed by atoms with van der Waals surface area (Å²) in [7, 11) is 1.54. The smallest absolute Gasteiger partial charge is 0.248 e. The van der Waals surface area contributed by atoms with Crippen LogP contribution in [0.4, 0.5) is 14.5 Å². The highest BCUT2D eigenvalue weighted by molar-refractivity contribution is 6.02.